The topological polar surface area (TPSA) is 35.0 Å². The normalized spacial score (nSPS) is 10.9. The summed E-state index contributed by atoms with van der Waals surface area (Å²) in [5, 5.41) is 0. The second-order valence-corrected chi connectivity index (χ2v) is 5.26. The first-order chi connectivity index (χ1) is 8.13. The minimum Gasteiger partial charge on any atom is -0.478 e. The van der Waals surface area contributed by atoms with Crippen molar-refractivity contribution in [3.05, 3.63) is 16.5 Å². The fourth-order valence-electron chi connectivity index (χ4n) is 1.45. The summed E-state index contributed by atoms with van der Waals surface area (Å²) < 4.78 is 6.43. The molecule has 0 spiro atoms. The number of hydrogen-bond acceptors (Lipinski definition) is 3. The minimum absolute atomic E-state index is 0.315. The summed E-state index contributed by atoms with van der Waals surface area (Å²) in [7, 11) is 0. The molecule has 0 aliphatic rings. The summed E-state index contributed by atoms with van der Waals surface area (Å²) in [4.78, 5) is 8.70. The van der Waals surface area contributed by atoms with Gasteiger partial charge in [-0.3, -0.25) is 0 Å². The quantitative estimate of drug-likeness (QED) is 0.555. The van der Waals surface area contributed by atoms with Crippen LogP contribution in [0, 0.1) is 0 Å². The molecular weight excluding hydrogens is 280 g/mol. The van der Waals surface area contributed by atoms with Gasteiger partial charge in [0.05, 0.1) is 6.61 Å². The van der Waals surface area contributed by atoms with Crippen molar-refractivity contribution in [3.8, 4) is 5.88 Å². The zero-order valence-corrected chi connectivity index (χ0v) is 12.5. The fraction of sp³-hybridized carbons (Fsp3) is 0.692. The largest absolute Gasteiger partial charge is 0.478 e. The van der Waals surface area contributed by atoms with Crippen LogP contribution in [0.3, 0.4) is 0 Å². The van der Waals surface area contributed by atoms with E-state index in [-0.39, 0.29) is 0 Å². The molecule has 1 aromatic heterocycles. The van der Waals surface area contributed by atoms with E-state index in [9.17, 15) is 0 Å². The van der Waals surface area contributed by atoms with Gasteiger partial charge in [0.15, 0.2) is 0 Å². The van der Waals surface area contributed by atoms with Gasteiger partial charge in [0.1, 0.15) is 10.4 Å². The lowest BCUT2D eigenvalue weighted by Crippen LogP contribution is -2.04. The van der Waals surface area contributed by atoms with Crippen molar-refractivity contribution in [2.45, 2.75) is 52.4 Å². The zero-order chi connectivity index (χ0) is 12.7. The number of aromatic nitrogens is 2. The highest BCUT2D eigenvalue weighted by Crippen LogP contribution is 2.19. The lowest BCUT2D eigenvalue weighted by atomic mass is 10.2. The molecule has 0 unspecified atom stereocenters. The maximum absolute atomic E-state index is 5.64. The third-order valence-corrected chi connectivity index (χ3v) is 2.86. The summed E-state index contributed by atoms with van der Waals surface area (Å²) in [6.45, 7) is 7.10. The molecule has 3 nitrogen and oxygen atoms in total. The second kappa shape index (κ2) is 7.64. The van der Waals surface area contributed by atoms with Crippen molar-refractivity contribution in [2.75, 3.05) is 6.61 Å². The molecule has 0 aliphatic carbocycles. The van der Waals surface area contributed by atoms with Gasteiger partial charge in [-0.2, -0.15) is 4.98 Å². The molecule has 17 heavy (non-hydrogen) atoms. The number of nitrogens with zero attached hydrogens (tertiary/aromatic N) is 2. The minimum atomic E-state index is 0.315. The van der Waals surface area contributed by atoms with Gasteiger partial charge >= 0.3 is 0 Å². The third-order valence-electron chi connectivity index (χ3n) is 2.45. The zero-order valence-electron chi connectivity index (χ0n) is 10.9. The summed E-state index contributed by atoms with van der Waals surface area (Å²) in [6, 6.07) is 1.83. The number of halogens is 1. The molecule has 0 aromatic carbocycles. The third kappa shape index (κ3) is 5.48. The van der Waals surface area contributed by atoms with Crippen LogP contribution in [0.15, 0.2) is 10.7 Å². The lowest BCUT2D eigenvalue weighted by Gasteiger charge is -2.09. The number of hydrogen-bond donors (Lipinski definition) is 0. The molecule has 0 amide bonds. The Morgan fingerprint density at radius 3 is 2.65 bits per heavy atom. The summed E-state index contributed by atoms with van der Waals surface area (Å²) >= 11 is 3.38. The maximum Gasteiger partial charge on any atom is 0.217 e. The molecule has 0 fully saturated rings. The van der Waals surface area contributed by atoms with E-state index in [4.69, 9.17) is 4.74 Å². The number of ether oxygens (including phenoxy) is 1. The van der Waals surface area contributed by atoms with Crippen LogP contribution in [0.1, 0.15) is 58.2 Å². The Balaban J connectivity index is 2.47. The Labute approximate surface area is 112 Å². The molecule has 96 valence electrons. The van der Waals surface area contributed by atoms with Crippen molar-refractivity contribution in [1.82, 2.24) is 9.97 Å². The van der Waals surface area contributed by atoms with Gasteiger partial charge in [0, 0.05) is 12.0 Å². The molecule has 4 heteroatoms. The first-order valence-corrected chi connectivity index (χ1v) is 7.10. The van der Waals surface area contributed by atoms with E-state index >= 15 is 0 Å². The molecule has 0 aliphatic heterocycles. The van der Waals surface area contributed by atoms with Gasteiger partial charge in [-0.25, -0.2) is 4.98 Å². The molecular formula is C13H21BrN2O. The van der Waals surface area contributed by atoms with Crippen LogP contribution in [0.5, 0.6) is 5.88 Å². The Hall–Kier alpha value is -0.640. The van der Waals surface area contributed by atoms with Crippen LogP contribution in [0.25, 0.3) is 0 Å². The monoisotopic (exact) mass is 300 g/mol. The van der Waals surface area contributed by atoms with Crippen molar-refractivity contribution in [2.24, 2.45) is 0 Å². The standard InChI is InChI=1S/C13H21BrN2O/c1-4-5-6-7-8-17-12-9-11(14)15-13(16-12)10(2)3/h9-10H,4-8H2,1-3H3. The molecule has 0 bridgehead atoms. The van der Waals surface area contributed by atoms with Gasteiger partial charge in [-0.1, -0.05) is 40.0 Å². The average Bonchev–Trinajstić information content (AvgIpc) is 2.28. The predicted molar refractivity (Wildman–Crippen MR) is 73.5 cm³/mol. The average molecular weight is 301 g/mol. The Bertz CT molecular complexity index is 342. The highest BCUT2D eigenvalue weighted by Gasteiger charge is 2.07. The van der Waals surface area contributed by atoms with E-state index in [0.29, 0.717) is 11.8 Å². The van der Waals surface area contributed by atoms with Crippen molar-refractivity contribution in [1.29, 1.82) is 0 Å². The molecule has 0 N–H and O–H groups in total. The highest BCUT2D eigenvalue weighted by molar-refractivity contribution is 9.10. The smallest absolute Gasteiger partial charge is 0.217 e. The highest BCUT2D eigenvalue weighted by atomic mass is 79.9. The van der Waals surface area contributed by atoms with E-state index < -0.39 is 0 Å². The van der Waals surface area contributed by atoms with Crippen molar-refractivity contribution >= 4 is 15.9 Å². The molecule has 0 saturated heterocycles. The second-order valence-electron chi connectivity index (χ2n) is 4.45. The van der Waals surface area contributed by atoms with Crippen LogP contribution >= 0.6 is 15.9 Å². The first kappa shape index (κ1) is 14.4. The first-order valence-electron chi connectivity index (χ1n) is 6.30. The SMILES string of the molecule is CCCCCCOc1cc(Br)nc(C(C)C)n1. The molecule has 1 rings (SSSR count). The van der Waals surface area contributed by atoms with Gasteiger partial charge in [0.25, 0.3) is 0 Å². The predicted octanol–water partition coefficient (Wildman–Crippen LogP) is 4.32. The van der Waals surface area contributed by atoms with E-state index in [2.05, 4.69) is 46.7 Å². The Morgan fingerprint density at radius 1 is 1.24 bits per heavy atom. The van der Waals surface area contributed by atoms with Crippen LogP contribution in [0.4, 0.5) is 0 Å². The van der Waals surface area contributed by atoms with Gasteiger partial charge < -0.3 is 4.74 Å². The van der Waals surface area contributed by atoms with E-state index in [1.165, 1.54) is 19.3 Å². The van der Waals surface area contributed by atoms with Gasteiger partial charge in [-0.15, -0.1) is 0 Å². The summed E-state index contributed by atoms with van der Waals surface area (Å²) in [6.07, 6.45) is 4.83. The van der Waals surface area contributed by atoms with Crippen LogP contribution in [-0.2, 0) is 0 Å². The fourth-order valence-corrected chi connectivity index (χ4v) is 1.83. The van der Waals surface area contributed by atoms with E-state index in [1.54, 1.807) is 0 Å². The van der Waals surface area contributed by atoms with Crippen molar-refractivity contribution < 1.29 is 4.74 Å². The maximum atomic E-state index is 5.64. The van der Waals surface area contributed by atoms with Crippen LogP contribution in [0.2, 0.25) is 0 Å². The molecule has 1 aromatic rings. The van der Waals surface area contributed by atoms with Crippen LogP contribution in [-0.4, -0.2) is 16.6 Å². The lowest BCUT2D eigenvalue weighted by molar-refractivity contribution is 0.291. The number of unbranched alkanes of at least 4 members (excludes halogenated alkanes) is 3. The summed E-state index contributed by atoms with van der Waals surface area (Å²) in [5.41, 5.74) is 0. The van der Waals surface area contributed by atoms with E-state index in [1.807, 2.05) is 6.07 Å². The van der Waals surface area contributed by atoms with Crippen molar-refractivity contribution in [3.63, 3.8) is 0 Å². The van der Waals surface area contributed by atoms with Gasteiger partial charge in [-0.05, 0) is 22.4 Å². The molecule has 0 atom stereocenters. The van der Waals surface area contributed by atoms with Gasteiger partial charge in [0.2, 0.25) is 5.88 Å². The molecule has 1 heterocycles. The van der Waals surface area contributed by atoms with Crippen LogP contribution < -0.4 is 4.74 Å². The Kier molecular flexibility index (Phi) is 6.48. The number of rotatable bonds is 7. The Morgan fingerprint density at radius 2 is 2.00 bits per heavy atom. The van der Waals surface area contributed by atoms with E-state index in [0.717, 1.165) is 23.5 Å². The summed E-state index contributed by atoms with van der Waals surface area (Å²) in [5.74, 6) is 1.81. The molecule has 0 radical (unpaired) electrons. The molecule has 0 saturated carbocycles.